The van der Waals surface area contributed by atoms with E-state index in [1.807, 2.05) is 31.2 Å². The van der Waals surface area contributed by atoms with Crippen molar-refractivity contribution in [3.05, 3.63) is 71.1 Å². The van der Waals surface area contributed by atoms with E-state index in [0.717, 1.165) is 11.1 Å². The van der Waals surface area contributed by atoms with E-state index in [4.69, 9.17) is 4.52 Å². The highest BCUT2D eigenvalue weighted by molar-refractivity contribution is 5.93. The van der Waals surface area contributed by atoms with Crippen molar-refractivity contribution in [2.24, 2.45) is 0 Å². The van der Waals surface area contributed by atoms with Crippen molar-refractivity contribution in [2.45, 2.75) is 46.1 Å². The van der Waals surface area contributed by atoms with E-state index in [1.54, 1.807) is 36.0 Å². The molecule has 0 N–H and O–H groups in total. The van der Waals surface area contributed by atoms with Crippen molar-refractivity contribution in [1.82, 2.24) is 19.9 Å². The Morgan fingerprint density at radius 1 is 1.00 bits per heavy atom. The number of aryl methyl sites for hydroxylation is 1. The standard InChI is InChI=1S/C26H32N4O3/c1-6-30(17-19-7-9-22(10-8-19)26(32)29(4)5)24(31)16-15-23-27-25(28-33-23)21-13-11-20(12-14-21)18(2)3/h7-14,18H,6,15-17H2,1-5H3. The van der Waals surface area contributed by atoms with Gasteiger partial charge < -0.3 is 14.3 Å². The van der Waals surface area contributed by atoms with Crippen molar-refractivity contribution < 1.29 is 14.1 Å². The summed E-state index contributed by atoms with van der Waals surface area (Å²) in [5.74, 6) is 1.43. The number of aromatic nitrogens is 2. The van der Waals surface area contributed by atoms with Crippen LogP contribution in [0.4, 0.5) is 0 Å². The Balaban J connectivity index is 1.56. The summed E-state index contributed by atoms with van der Waals surface area (Å²) < 4.78 is 5.37. The molecule has 0 saturated carbocycles. The molecule has 0 unspecified atom stereocenters. The Labute approximate surface area is 195 Å². The number of benzene rings is 2. The zero-order chi connectivity index (χ0) is 24.0. The highest BCUT2D eigenvalue weighted by atomic mass is 16.5. The average molecular weight is 449 g/mol. The molecule has 0 fully saturated rings. The number of hydrogen-bond donors (Lipinski definition) is 0. The topological polar surface area (TPSA) is 79.5 Å². The molecule has 0 aliphatic heterocycles. The first-order valence-corrected chi connectivity index (χ1v) is 11.3. The van der Waals surface area contributed by atoms with E-state index >= 15 is 0 Å². The molecule has 3 rings (SSSR count). The van der Waals surface area contributed by atoms with Crippen LogP contribution < -0.4 is 0 Å². The quantitative estimate of drug-likeness (QED) is 0.480. The summed E-state index contributed by atoms with van der Waals surface area (Å²) >= 11 is 0. The van der Waals surface area contributed by atoms with Crippen molar-refractivity contribution in [3.8, 4) is 11.4 Å². The molecule has 2 amide bonds. The van der Waals surface area contributed by atoms with Gasteiger partial charge in [0.25, 0.3) is 5.91 Å². The smallest absolute Gasteiger partial charge is 0.253 e. The van der Waals surface area contributed by atoms with Gasteiger partial charge in [-0.1, -0.05) is 55.4 Å². The summed E-state index contributed by atoms with van der Waals surface area (Å²) in [4.78, 5) is 32.6. The summed E-state index contributed by atoms with van der Waals surface area (Å²) in [7, 11) is 3.45. The Kier molecular flexibility index (Phi) is 7.98. The summed E-state index contributed by atoms with van der Waals surface area (Å²) in [6.07, 6.45) is 0.682. The van der Waals surface area contributed by atoms with Gasteiger partial charge in [0.15, 0.2) is 0 Å². The molecule has 0 spiro atoms. The van der Waals surface area contributed by atoms with Gasteiger partial charge in [-0.3, -0.25) is 9.59 Å². The Hall–Kier alpha value is -3.48. The van der Waals surface area contributed by atoms with E-state index in [0.29, 0.717) is 49.1 Å². The summed E-state index contributed by atoms with van der Waals surface area (Å²) in [5, 5.41) is 4.06. The monoisotopic (exact) mass is 448 g/mol. The Morgan fingerprint density at radius 3 is 2.24 bits per heavy atom. The molecule has 2 aromatic carbocycles. The molecule has 174 valence electrons. The van der Waals surface area contributed by atoms with Gasteiger partial charge in [-0.25, -0.2) is 0 Å². The van der Waals surface area contributed by atoms with Crippen LogP contribution in [0.25, 0.3) is 11.4 Å². The van der Waals surface area contributed by atoms with Crippen LogP contribution in [0.1, 0.15) is 60.5 Å². The van der Waals surface area contributed by atoms with Crippen LogP contribution in [0.15, 0.2) is 53.1 Å². The lowest BCUT2D eigenvalue weighted by molar-refractivity contribution is -0.131. The largest absolute Gasteiger partial charge is 0.345 e. The minimum Gasteiger partial charge on any atom is -0.345 e. The van der Waals surface area contributed by atoms with E-state index in [9.17, 15) is 9.59 Å². The molecular formula is C26H32N4O3. The molecule has 33 heavy (non-hydrogen) atoms. The molecule has 0 bridgehead atoms. The second-order valence-electron chi connectivity index (χ2n) is 8.59. The first-order chi connectivity index (χ1) is 15.8. The van der Waals surface area contributed by atoms with Crippen molar-refractivity contribution in [1.29, 1.82) is 0 Å². The molecule has 7 heteroatoms. The normalized spacial score (nSPS) is 11.0. The molecule has 0 saturated heterocycles. The Morgan fingerprint density at radius 2 is 1.67 bits per heavy atom. The zero-order valence-corrected chi connectivity index (χ0v) is 20.0. The maximum absolute atomic E-state index is 12.8. The highest BCUT2D eigenvalue weighted by Gasteiger charge is 2.16. The Bertz CT molecular complexity index is 1070. The fraction of sp³-hybridized carbons (Fsp3) is 0.385. The van der Waals surface area contributed by atoms with Crippen molar-refractivity contribution >= 4 is 11.8 Å². The lowest BCUT2D eigenvalue weighted by atomic mass is 10.0. The van der Waals surface area contributed by atoms with Gasteiger partial charge in [0, 0.05) is 51.2 Å². The second kappa shape index (κ2) is 10.9. The van der Waals surface area contributed by atoms with Crippen LogP contribution in [-0.2, 0) is 17.8 Å². The number of rotatable bonds is 9. The minimum absolute atomic E-state index is 0.0204. The molecule has 0 aliphatic rings. The third-order valence-corrected chi connectivity index (χ3v) is 5.57. The second-order valence-corrected chi connectivity index (χ2v) is 8.59. The van der Waals surface area contributed by atoms with E-state index in [-0.39, 0.29) is 11.8 Å². The molecule has 7 nitrogen and oxygen atoms in total. The SMILES string of the molecule is CCN(Cc1ccc(C(=O)N(C)C)cc1)C(=O)CCc1nc(-c2ccc(C(C)C)cc2)no1. The van der Waals surface area contributed by atoms with E-state index in [2.05, 4.69) is 36.1 Å². The predicted molar refractivity (Wildman–Crippen MR) is 128 cm³/mol. The molecule has 1 heterocycles. The first kappa shape index (κ1) is 24.2. The third kappa shape index (κ3) is 6.28. The molecule has 0 radical (unpaired) electrons. The van der Waals surface area contributed by atoms with Gasteiger partial charge in [0.05, 0.1) is 0 Å². The zero-order valence-electron chi connectivity index (χ0n) is 20.0. The number of hydrogen-bond acceptors (Lipinski definition) is 5. The van der Waals surface area contributed by atoms with Crippen LogP contribution in [0.5, 0.6) is 0 Å². The minimum atomic E-state index is -0.0419. The van der Waals surface area contributed by atoms with Crippen LogP contribution in [-0.4, -0.2) is 52.4 Å². The first-order valence-electron chi connectivity index (χ1n) is 11.3. The fourth-order valence-corrected chi connectivity index (χ4v) is 3.47. The van der Waals surface area contributed by atoms with Gasteiger partial charge in [-0.15, -0.1) is 0 Å². The van der Waals surface area contributed by atoms with Gasteiger partial charge in [-0.2, -0.15) is 4.98 Å². The van der Waals surface area contributed by atoms with Crippen molar-refractivity contribution in [3.63, 3.8) is 0 Å². The van der Waals surface area contributed by atoms with Gasteiger partial charge in [0.1, 0.15) is 0 Å². The number of carbonyl (C=O) groups is 2. The van der Waals surface area contributed by atoms with E-state index < -0.39 is 0 Å². The van der Waals surface area contributed by atoms with Crippen LogP contribution in [0.2, 0.25) is 0 Å². The fourth-order valence-electron chi connectivity index (χ4n) is 3.47. The average Bonchev–Trinajstić information content (AvgIpc) is 3.30. The van der Waals surface area contributed by atoms with Gasteiger partial charge >= 0.3 is 0 Å². The van der Waals surface area contributed by atoms with Crippen LogP contribution in [0, 0.1) is 0 Å². The number of nitrogens with zero attached hydrogens (tertiary/aromatic N) is 4. The van der Waals surface area contributed by atoms with Crippen molar-refractivity contribution in [2.75, 3.05) is 20.6 Å². The van der Waals surface area contributed by atoms with Gasteiger partial charge in [-0.05, 0) is 36.1 Å². The summed E-state index contributed by atoms with van der Waals surface area (Å²) in [5.41, 5.74) is 3.76. The molecular weight excluding hydrogens is 416 g/mol. The predicted octanol–water partition coefficient (Wildman–Crippen LogP) is 4.54. The molecule has 0 atom stereocenters. The number of amides is 2. The van der Waals surface area contributed by atoms with Gasteiger partial charge in [0.2, 0.25) is 17.6 Å². The molecule has 1 aromatic heterocycles. The van der Waals surface area contributed by atoms with Crippen LogP contribution in [0.3, 0.4) is 0 Å². The highest BCUT2D eigenvalue weighted by Crippen LogP contribution is 2.21. The molecule has 0 aliphatic carbocycles. The molecule has 3 aromatic rings. The van der Waals surface area contributed by atoms with Crippen LogP contribution >= 0.6 is 0 Å². The maximum atomic E-state index is 12.8. The summed E-state index contributed by atoms with van der Waals surface area (Å²) in [6, 6.07) is 15.5. The van der Waals surface area contributed by atoms with E-state index in [1.165, 1.54) is 5.56 Å². The summed E-state index contributed by atoms with van der Waals surface area (Å²) in [6.45, 7) is 7.34. The lowest BCUT2D eigenvalue weighted by Gasteiger charge is -2.21. The third-order valence-electron chi connectivity index (χ3n) is 5.57. The maximum Gasteiger partial charge on any atom is 0.253 e. The number of carbonyl (C=O) groups excluding carboxylic acids is 2. The lowest BCUT2D eigenvalue weighted by Crippen LogP contribution is -2.30.